The van der Waals surface area contributed by atoms with Gasteiger partial charge in [-0.25, -0.2) is 0 Å². The van der Waals surface area contributed by atoms with Crippen LogP contribution in [-0.2, 0) is 28.6 Å². The fourth-order valence-electron chi connectivity index (χ4n) is 7.28. The maximum absolute atomic E-state index is 12.7. The zero-order valence-corrected chi connectivity index (χ0v) is 37.6. The molecule has 0 radical (unpaired) electrons. The fourth-order valence-corrected chi connectivity index (χ4v) is 7.28. The van der Waals surface area contributed by atoms with Crippen LogP contribution in [0.1, 0.15) is 266 Å². The zero-order valence-electron chi connectivity index (χ0n) is 37.6. The minimum atomic E-state index is -0.761. The van der Waals surface area contributed by atoms with Crippen LogP contribution in [0.15, 0.2) is 0 Å². The lowest BCUT2D eigenvalue weighted by molar-refractivity contribution is -0.167. The van der Waals surface area contributed by atoms with Gasteiger partial charge in [0.1, 0.15) is 13.2 Å². The molecule has 0 aromatic heterocycles. The fraction of sp³-hybridized carbons (Fsp3) is 0.939. The van der Waals surface area contributed by atoms with Gasteiger partial charge in [-0.3, -0.25) is 14.4 Å². The van der Waals surface area contributed by atoms with E-state index in [4.69, 9.17) is 14.2 Å². The van der Waals surface area contributed by atoms with Gasteiger partial charge in [0.2, 0.25) is 0 Å². The summed E-state index contributed by atoms with van der Waals surface area (Å²) < 4.78 is 16.8. The zero-order chi connectivity index (χ0) is 40.5. The van der Waals surface area contributed by atoms with E-state index in [0.717, 1.165) is 69.6 Å². The van der Waals surface area contributed by atoms with E-state index in [9.17, 15) is 14.4 Å². The number of esters is 3. The molecule has 6 nitrogen and oxygen atoms in total. The molecular formula is C49H94O6. The van der Waals surface area contributed by atoms with Crippen LogP contribution in [0.4, 0.5) is 0 Å². The van der Waals surface area contributed by atoms with Gasteiger partial charge in [-0.15, -0.1) is 0 Å². The molecular weight excluding hydrogens is 685 g/mol. The van der Waals surface area contributed by atoms with E-state index in [0.29, 0.717) is 19.3 Å². The molecule has 0 N–H and O–H groups in total. The number of unbranched alkanes of at least 4 members (excludes halogenated alkanes) is 28. The average molecular weight is 779 g/mol. The van der Waals surface area contributed by atoms with E-state index >= 15 is 0 Å². The van der Waals surface area contributed by atoms with Crippen molar-refractivity contribution < 1.29 is 28.6 Å². The SMILES string of the molecule is CCCCCCCCCCCCCCC(=O)O[C@H](COC(=O)CCCCCCCCCCCCC(C)C)COC(=O)CCCCCCCCCCCC(C)C. The van der Waals surface area contributed by atoms with E-state index in [1.54, 1.807) is 0 Å². The molecule has 0 aromatic rings. The van der Waals surface area contributed by atoms with Crippen LogP contribution in [0.5, 0.6) is 0 Å². The first-order valence-corrected chi connectivity index (χ1v) is 24.2. The first kappa shape index (κ1) is 53.4. The van der Waals surface area contributed by atoms with Crippen LogP contribution < -0.4 is 0 Å². The third-order valence-electron chi connectivity index (χ3n) is 11.0. The molecule has 0 unspecified atom stereocenters. The minimum Gasteiger partial charge on any atom is -0.462 e. The molecule has 0 fully saturated rings. The summed E-state index contributed by atoms with van der Waals surface area (Å²) in [7, 11) is 0. The number of rotatable bonds is 43. The Balaban J connectivity index is 4.33. The van der Waals surface area contributed by atoms with Crippen molar-refractivity contribution in [3.05, 3.63) is 0 Å². The predicted octanol–water partition coefficient (Wildman–Crippen LogP) is 15.4. The molecule has 0 aliphatic carbocycles. The summed E-state index contributed by atoms with van der Waals surface area (Å²) in [5.74, 6) is 0.773. The quantitative estimate of drug-likeness (QED) is 0.0348. The van der Waals surface area contributed by atoms with Gasteiger partial charge in [-0.05, 0) is 31.1 Å². The van der Waals surface area contributed by atoms with Gasteiger partial charge in [0.25, 0.3) is 0 Å². The molecule has 0 saturated heterocycles. The van der Waals surface area contributed by atoms with Crippen molar-refractivity contribution in [2.75, 3.05) is 13.2 Å². The lowest BCUT2D eigenvalue weighted by atomic mass is 10.0. The Morgan fingerprint density at radius 3 is 0.891 bits per heavy atom. The third kappa shape index (κ3) is 43.4. The molecule has 1 atom stereocenters. The van der Waals surface area contributed by atoms with E-state index < -0.39 is 6.10 Å². The second-order valence-electron chi connectivity index (χ2n) is 17.7. The third-order valence-corrected chi connectivity index (χ3v) is 11.0. The van der Waals surface area contributed by atoms with Gasteiger partial charge < -0.3 is 14.2 Å². The molecule has 55 heavy (non-hydrogen) atoms. The Morgan fingerprint density at radius 1 is 0.345 bits per heavy atom. The second-order valence-corrected chi connectivity index (χ2v) is 17.7. The highest BCUT2D eigenvalue weighted by molar-refractivity contribution is 5.71. The van der Waals surface area contributed by atoms with Gasteiger partial charge in [-0.1, -0.05) is 227 Å². The normalized spacial score (nSPS) is 12.1. The Hall–Kier alpha value is -1.59. The van der Waals surface area contributed by atoms with E-state index in [2.05, 4.69) is 34.6 Å². The summed E-state index contributed by atoms with van der Waals surface area (Å²) in [4.78, 5) is 37.8. The molecule has 0 aliphatic rings. The molecule has 0 bridgehead atoms. The van der Waals surface area contributed by atoms with Crippen LogP contribution in [0.2, 0.25) is 0 Å². The van der Waals surface area contributed by atoms with Crippen molar-refractivity contribution in [2.45, 2.75) is 272 Å². The van der Waals surface area contributed by atoms with Crippen molar-refractivity contribution in [1.82, 2.24) is 0 Å². The first-order chi connectivity index (χ1) is 26.7. The monoisotopic (exact) mass is 779 g/mol. The summed E-state index contributed by atoms with van der Waals surface area (Å²) in [5, 5.41) is 0. The molecule has 0 rings (SSSR count). The van der Waals surface area contributed by atoms with Crippen LogP contribution in [-0.4, -0.2) is 37.2 Å². The Bertz CT molecular complexity index is 839. The summed E-state index contributed by atoms with van der Waals surface area (Å²) in [6, 6.07) is 0. The van der Waals surface area contributed by atoms with Crippen molar-refractivity contribution in [1.29, 1.82) is 0 Å². The van der Waals surface area contributed by atoms with Crippen molar-refractivity contribution in [2.24, 2.45) is 11.8 Å². The maximum Gasteiger partial charge on any atom is 0.306 e. The highest BCUT2D eigenvalue weighted by atomic mass is 16.6. The molecule has 0 aromatic carbocycles. The predicted molar refractivity (Wildman–Crippen MR) is 233 cm³/mol. The lowest BCUT2D eigenvalue weighted by Crippen LogP contribution is -2.30. The van der Waals surface area contributed by atoms with Crippen LogP contribution in [0, 0.1) is 11.8 Å². The van der Waals surface area contributed by atoms with Crippen LogP contribution in [0.3, 0.4) is 0 Å². The van der Waals surface area contributed by atoms with Crippen LogP contribution >= 0.6 is 0 Å². The van der Waals surface area contributed by atoms with E-state index in [1.165, 1.54) is 154 Å². The summed E-state index contributed by atoms with van der Waals surface area (Å²) in [6.07, 6.45) is 40.9. The van der Waals surface area contributed by atoms with Gasteiger partial charge in [0, 0.05) is 19.3 Å². The van der Waals surface area contributed by atoms with Crippen molar-refractivity contribution in [3.8, 4) is 0 Å². The second kappa shape index (κ2) is 42.0. The summed E-state index contributed by atoms with van der Waals surface area (Å²) >= 11 is 0. The minimum absolute atomic E-state index is 0.0645. The number of carbonyl (C=O) groups excluding carboxylic acids is 3. The highest BCUT2D eigenvalue weighted by Crippen LogP contribution is 2.17. The van der Waals surface area contributed by atoms with Gasteiger partial charge in [-0.2, -0.15) is 0 Å². The largest absolute Gasteiger partial charge is 0.462 e. The van der Waals surface area contributed by atoms with Crippen molar-refractivity contribution >= 4 is 17.9 Å². The van der Waals surface area contributed by atoms with Gasteiger partial charge in [0.15, 0.2) is 6.10 Å². The smallest absolute Gasteiger partial charge is 0.306 e. The number of carbonyl (C=O) groups is 3. The maximum atomic E-state index is 12.7. The van der Waals surface area contributed by atoms with Crippen molar-refractivity contribution in [3.63, 3.8) is 0 Å². The molecule has 0 spiro atoms. The number of hydrogen-bond acceptors (Lipinski definition) is 6. The Labute approximate surface area is 342 Å². The lowest BCUT2D eigenvalue weighted by Gasteiger charge is -2.18. The van der Waals surface area contributed by atoms with Gasteiger partial charge in [0.05, 0.1) is 0 Å². The van der Waals surface area contributed by atoms with Gasteiger partial charge >= 0.3 is 17.9 Å². The first-order valence-electron chi connectivity index (χ1n) is 24.2. The van der Waals surface area contributed by atoms with E-state index in [1.807, 2.05) is 0 Å². The Morgan fingerprint density at radius 2 is 0.600 bits per heavy atom. The molecule has 0 saturated carbocycles. The topological polar surface area (TPSA) is 78.9 Å². The number of ether oxygens (including phenoxy) is 3. The molecule has 0 heterocycles. The Kier molecular flexibility index (Phi) is 40.8. The van der Waals surface area contributed by atoms with Crippen LogP contribution in [0.25, 0.3) is 0 Å². The summed E-state index contributed by atoms with van der Waals surface area (Å²) in [5.41, 5.74) is 0. The van der Waals surface area contributed by atoms with E-state index in [-0.39, 0.29) is 31.1 Å². The molecule has 6 heteroatoms. The summed E-state index contributed by atoms with van der Waals surface area (Å²) in [6.45, 7) is 11.3. The molecule has 0 aliphatic heterocycles. The molecule has 326 valence electrons. The standard InChI is InChI=1S/C49H94O6/c1-6-7-8-9-10-11-12-13-20-26-31-36-41-49(52)55-46(43-54-48(51)40-35-30-25-21-16-18-23-28-33-38-45(4)5)42-53-47(50)39-34-29-24-19-15-14-17-22-27-32-37-44(2)3/h44-46H,6-43H2,1-5H3/t46-/m1/s1. The highest BCUT2D eigenvalue weighted by Gasteiger charge is 2.19. The number of hydrogen-bond donors (Lipinski definition) is 0. The molecule has 0 amide bonds. The average Bonchev–Trinajstić information content (AvgIpc) is 3.15.